The first kappa shape index (κ1) is 10.1. The van der Waals surface area contributed by atoms with Gasteiger partial charge in [-0.2, -0.15) is 0 Å². The number of nitro groups is 1. The molecule has 0 amide bonds. The second-order valence-corrected chi connectivity index (χ2v) is 4.67. The Morgan fingerprint density at radius 1 is 1.67 bits per heavy atom. The van der Waals surface area contributed by atoms with Crippen molar-refractivity contribution in [2.24, 2.45) is 5.73 Å². The second-order valence-electron chi connectivity index (χ2n) is 4.67. The highest BCUT2D eigenvalue weighted by Gasteiger charge is 2.54. The first-order valence-electron chi connectivity index (χ1n) is 4.86. The van der Waals surface area contributed by atoms with Crippen molar-refractivity contribution in [3.63, 3.8) is 0 Å². The minimum Gasteiger partial charge on any atom is -0.358 e. The molecule has 0 aromatic carbocycles. The molecule has 0 radical (unpaired) electrons. The third-order valence-electron chi connectivity index (χ3n) is 3.51. The molecule has 2 rings (SSSR count). The van der Waals surface area contributed by atoms with Gasteiger partial charge in [0.15, 0.2) is 0 Å². The molecule has 0 spiro atoms. The first-order chi connectivity index (χ1) is 6.88. The van der Waals surface area contributed by atoms with Gasteiger partial charge < -0.3 is 15.8 Å². The summed E-state index contributed by atoms with van der Waals surface area (Å²) < 4.78 is 0. The fourth-order valence-corrected chi connectivity index (χ4v) is 1.90. The molecule has 0 aliphatic heterocycles. The lowest BCUT2D eigenvalue weighted by molar-refractivity contribution is -0.390. The summed E-state index contributed by atoms with van der Waals surface area (Å²) in [6.07, 6.45) is 3.32. The van der Waals surface area contributed by atoms with Gasteiger partial charge in [0, 0.05) is 11.0 Å². The first-order valence-corrected chi connectivity index (χ1v) is 4.86. The Morgan fingerprint density at radius 2 is 2.27 bits per heavy atom. The van der Waals surface area contributed by atoms with Crippen molar-refractivity contribution in [1.82, 2.24) is 10.2 Å². The molecule has 1 aliphatic rings. The zero-order valence-corrected chi connectivity index (χ0v) is 8.78. The van der Waals surface area contributed by atoms with Crippen molar-refractivity contribution in [2.75, 3.05) is 0 Å². The van der Waals surface area contributed by atoms with Crippen LogP contribution in [-0.4, -0.2) is 20.7 Å². The van der Waals surface area contributed by atoms with Crippen molar-refractivity contribution in [3.8, 4) is 0 Å². The molecule has 3 N–H and O–H groups in total. The Hall–Kier alpha value is -1.43. The van der Waals surface area contributed by atoms with Crippen LogP contribution in [0.15, 0.2) is 6.20 Å². The minimum absolute atomic E-state index is 0.0447. The Morgan fingerprint density at radius 3 is 2.73 bits per heavy atom. The highest BCUT2D eigenvalue weighted by molar-refractivity contribution is 5.41. The highest BCUT2D eigenvalue weighted by Crippen LogP contribution is 2.50. The van der Waals surface area contributed by atoms with Crippen LogP contribution in [0.5, 0.6) is 0 Å². The zero-order valence-electron chi connectivity index (χ0n) is 8.78. The fourth-order valence-electron chi connectivity index (χ4n) is 1.90. The zero-order chi connectivity index (χ0) is 11.3. The second kappa shape index (κ2) is 2.79. The van der Waals surface area contributed by atoms with Crippen LogP contribution in [0.25, 0.3) is 0 Å². The number of nitrogens with zero attached hydrogens (tertiary/aromatic N) is 2. The molecule has 82 valence electrons. The number of hydrogen-bond donors (Lipinski definition) is 2. The quantitative estimate of drug-likeness (QED) is 0.576. The molecular weight excluding hydrogens is 196 g/mol. The highest BCUT2D eigenvalue weighted by atomic mass is 16.6. The van der Waals surface area contributed by atoms with Crippen LogP contribution >= 0.6 is 0 Å². The molecule has 15 heavy (non-hydrogen) atoms. The van der Waals surface area contributed by atoms with E-state index in [1.165, 1.54) is 6.20 Å². The molecule has 0 saturated heterocycles. The van der Waals surface area contributed by atoms with Crippen LogP contribution in [0.1, 0.15) is 32.3 Å². The van der Waals surface area contributed by atoms with Crippen LogP contribution in [0.3, 0.4) is 0 Å². The summed E-state index contributed by atoms with van der Waals surface area (Å²) in [5.41, 5.74) is 5.98. The van der Waals surface area contributed by atoms with E-state index in [0.717, 1.165) is 12.8 Å². The molecule has 6 nitrogen and oxygen atoms in total. The monoisotopic (exact) mass is 210 g/mol. The SMILES string of the molecule is CC(C)(c1cn[nH]c1[N+](=O)[O-])C1(N)CC1. The van der Waals surface area contributed by atoms with Gasteiger partial charge in [0.1, 0.15) is 0 Å². The van der Waals surface area contributed by atoms with Crippen molar-refractivity contribution in [1.29, 1.82) is 0 Å². The maximum absolute atomic E-state index is 10.8. The molecular formula is C9H14N4O2. The van der Waals surface area contributed by atoms with Crippen LogP contribution in [0.4, 0.5) is 5.82 Å². The predicted octanol–water partition coefficient (Wildman–Crippen LogP) is 1.09. The van der Waals surface area contributed by atoms with Gasteiger partial charge in [0.2, 0.25) is 0 Å². The maximum atomic E-state index is 10.8. The maximum Gasteiger partial charge on any atom is 0.346 e. The van der Waals surface area contributed by atoms with E-state index in [1.807, 2.05) is 13.8 Å². The summed E-state index contributed by atoms with van der Waals surface area (Å²) in [5, 5.41) is 16.9. The summed E-state index contributed by atoms with van der Waals surface area (Å²) in [6, 6.07) is 0. The van der Waals surface area contributed by atoms with E-state index in [4.69, 9.17) is 5.73 Å². The van der Waals surface area contributed by atoms with Gasteiger partial charge >= 0.3 is 5.82 Å². The lowest BCUT2D eigenvalue weighted by Gasteiger charge is -2.30. The van der Waals surface area contributed by atoms with E-state index >= 15 is 0 Å². The number of aromatic nitrogens is 2. The number of nitrogens with two attached hydrogens (primary N) is 1. The third kappa shape index (κ3) is 1.32. The number of aromatic amines is 1. The van der Waals surface area contributed by atoms with Gasteiger partial charge in [-0.25, -0.2) is 0 Å². The fraction of sp³-hybridized carbons (Fsp3) is 0.667. The summed E-state index contributed by atoms with van der Waals surface area (Å²) in [5.74, 6) is -0.0447. The summed E-state index contributed by atoms with van der Waals surface area (Å²) in [6.45, 7) is 3.86. The van der Waals surface area contributed by atoms with Crippen LogP contribution in [0, 0.1) is 10.1 Å². The van der Waals surface area contributed by atoms with E-state index in [-0.39, 0.29) is 11.4 Å². The van der Waals surface area contributed by atoms with Crippen LogP contribution in [-0.2, 0) is 5.41 Å². The van der Waals surface area contributed by atoms with E-state index in [2.05, 4.69) is 10.2 Å². The normalized spacial score (nSPS) is 18.9. The Balaban J connectivity index is 2.44. The lowest BCUT2D eigenvalue weighted by Crippen LogP contribution is -2.43. The minimum atomic E-state index is -0.449. The van der Waals surface area contributed by atoms with Gasteiger partial charge in [0.25, 0.3) is 0 Å². The number of hydrogen-bond acceptors (Lipinski definition) is 4. The van der Waals surface area contributed by atoms with Gasteiger partial charge in [-0.05, 0) is 17.8 Å². The van der Waals surface area contributed by atoms with Crippen molar-refractivity contribution >= 4 is 5.82 Å². The summed E-state index contributed by atoms with van der Waals surface area (Å²) in [7, 11) is 0. The molecule has 0 unspecified atom stereocenters. The Bertz CT molecular complexity index is 406. The number of rotatable bonds is 3. The number of nitrogens with one attached hydrogen (secondary N) is 1. The van der Waals surface area contributed by atoms with E-state index in [0.29, 0.717) is 5.56 Å². The van der Waals surface area contributed by atoms with Gasteiger partial charge in [0.05, 0.1) is 11.8 Å². The van der Waals surface area contributed by atoms with Crippen LogP contribution in [0.2, 0.25) is 0 Å². The van der Waals surface area contributed by atoms with E-state index < -0.39 is 10.3 Å². The van der Waals surface area contributed by atoms with E-state index in [9.17, 15) is 10.1 Å². The smallest absolute Gasteiger partial charge is 0.346 e. The van der Waals surface area contributed by atoms with Crippen LogP contribution < -0.4 is 5.73 Å². The van der Waals surface area contributed by atoms with Gasteiger partial charge in [-0.15, -0.1) is 5.10 Å². The molecule has 1 heterocycles. The number of H-pyrrole nitrogens is 1. The van der Waals surface area contributed by atoms with Gasteiger partial charge in [-0.3, -0.25) is 0 Å². The topological polar surface area (TPSA) is 97.8 Å². The molecule has 1 saturated carbocycles. The van der Waals surface area contributed by atoms with Gasteiger partial charge in [-0.1, -0.05) is 18.9 Å². The molecule has 1 aromatic rings. The molecule has 1 aliphatic carbocycles. The predicted molar refractivity (Wildman–Crippen MR) is 54.4 cm³/mol. The Labute approximate surface area is 87.0 Å². The lowest BCUT2D eigenvalue weighted by atomic mass is 9.77. The van der Waals surface area contributed by atoms with Crippen molar-refractivity contribution in [2.45, 2.75) is 37.6 Å². The standard InChI is InChI=1S/C9H14N4O2/c1-8(2,9(10)3-4-9)6-5-11-12-7(6)13(14)15/h5H,3-4,10H2,1-2H3,(H,11,12). The molecule has 1 aromatic heterocycles. The summed E-state index contributed by atoms with van der Waals surface area (Å²) in [4.78, 5) is 10.3. The molecule has 0 atom stereocenters. The summed E-state index contributed by atoms with van der Waals surface area (Å²) >= 11 is 0. The molecule has 6 heteroatoms. The van der Waals surface area contributed by atoms with Crippen molar-refractivity contribution in [3.05, 3.63) is 21.9 Å². The van der Waals surface area contributed by atoms with Crippen molar-refractivity contribution < 1.29 is 4.92 Å². The molecule has 0 bridgehead atoms. The average molecular weight is 210 g/mol. The largest absolute Gasteiger partial charge is 0.358 e. The third-order valence-corrected chi connectivity index (χ3v) is 3.51. The average Bonchev–Trinajstić information content (AvgIpc) is 2.73. The Kier molecular flexibility index (Phi) is 1.88. The van der Waals surface area contributed by atoms with E-state index in [1.54, 1.807) is 0 Å². The molecule has 1 fully saturated rings.